The van der Waals surface area contributed by atoms with E-state index in [1.54, 1.807) is 12.1 Å². The molecule has 4 nitrogen and oxygen atoms in total. The first-order chi connectivity index (χ1) is 9.72. The van der Waals surface area contributed by atoms with Crippen molar-refractivity contribution in [2.45, 2.75) is 6.04 Å². The molecule has 1 unspecified atom stereocenters. The van der Waals surface area contributed by atoms with Crippen molar-refractivity contribution in [3.05, 3.63) is 53.1 Å². The van der Waals surface area contributed by atoms with Crippen molar-refractivity contribution >= 4 is 11.6 Å². The number of nitrogens with two attached hydrogens (primary N) is 1. The average molecular weight is 292 g/mol. The smallest absolute Gasteiger partial charge is 0.231 e. The molecule has 2 aromatic rings. The highest BCUT2D eigenvalue weighted by Gasteiger charge is 2.16. The Bertz CT molecular complexity index is 601. The fourth-order valence-electron chi connectivity index (χ4n) is 1.96. The molecule has 2 N–H and O–H groups in total. The lowest BCUT2D eigenvalue weighted by atomic mass is 10.1. The van der Waals surface area contributed by atoms with Crippen LogP contribution >= 0.6 is 11.6 Å². The lowest BCUT2D eigenvalue weighted by molar-refractivity contribution is 0.174. The SMILES string of the molecule is NC(COc1ccc(Cl)cc1)c1ccc2c(c1)OCO2. The molecule has 0 fully saturated rings. The van der Waals surface area contributed by atoms with Crippen LogP contribution in [0.4, 0.5) is 0 Å². The number of ether oxygens (including phenoxy) is 3. The van der Waals surface area contributed by atoms with Gasteiger partial charge in [0.2, 0.25) is 6.79 Å². The van der Waals surface area contributed by atoms with Crippen LogP contribution < -0.4 is 19.9 Å². The van der Waals surface area contributed by atoms with Crippen molar-refractivity contribution < 1.29 is 14.2 Å². The molecule has 3 rings (SSSR count). The van der Waals surface area contributed by atoms with Crippen molar-refractivity contribution in [2.24, 2.45) is 5.73 Å². The summed E-state index contributed by atoms with van der Waals surface area (Å²) in [5.41, 5.74) is 7.07. The van der Waals surface area contributed by atoms with Crippen LogP contribution in [0.5, 0.6) is 17.2 Å². The fourth-order valence-corrected chi connectivity index (χ4v) is 2.08. The monoisotopic (exact) mass is 291 g/mol. The Balaban J connectivity index is 1.64. The zero-order valence-corrected chi connectivity index (χ0v) is 11.5. The molecule has 0 aromatic heterocycles. The lowest BCUT2D eigenvalue weighted by Crippen LogP contribution is -2.18. The Morgan fingerprint density at radius 3 is 2.65 bits per heavy atom. The first kappa shape index (κ1) is 13.1. The maximum atomic E-state index is 6.12. The molecule has 1 aliphatic heterocycles. The standard InChI is InChI=1S/C15H14ClNO3/c16-11-2-4-12(5-3-11)18-8-13(17)10-1-6-14-15(7-10)20-9-19-14/h1-7,13H,8-9,17H2. The van der Waals surface area contributed by atoms with Crippen LogP contribution in [-0.2, 0) is 0 Å². The summed E-state index contributed by atoms with van der Waals surface area (Å²) in [6.45, 7) is 0.635. The zero-order chi connectivity index (χ0) is 13.9. The van der Waals surface area contributed by atoms with E-state index in [4.69, 9.17) is 31.5 Å². The summed E-state index contributed by atoms with van der Waals surface area (Å²) in [6.07, 6.45) is 0. The van der Waals surface area contributed by atoms with Crippen LogP contribution in [-0.4, -0.2) is 13.4 Å². The van der Waals surface area contributed by atoms with Crippen molar-refractivity contribution in [3.8, 4) is 17.2 Å². The minimum atomic E-state index is -0.236. The van der Waals surface area contributed by atoms with Gasteiger partial charge in [0, 0.05) is 5.02 Å². The van der Waals surface area contributed by atoms with Crippen LogP contribution in [0.1, 0.15) is 11.6 Å². The molecule has 1 heterocycles. The second kappa shape index (κ2) is 5.61. The molecule has 1 aliphatic rings. The Labute approximate surface area is 122 Å². The van der Waals surface area contributed by atoms with Gasteiger partial charge in [0.15, 0.2) is 11.5 Å². The molecule has 104 valence electrons. The molecule has 0 aliphatic carbocycles. The topological polar surface area (TPSA) is 53.7 Å². The van der Waals surface area contributed by atoms with E-state index in [0.29, 0.717) is 11.6 Å². The molecule has 20 heavy (non-hydrogen) atoms. The quantitative estimate of drug-likeness (QED) is 0.940. The second-order valence-electron chi connectivity index (χ2n) is 4.48. The summed E-state index contributed by atoms with van der Waals surface area (Å²) in [5.74, 6) is 2.22. The van der Waals surface area contributed by atoms with E-state index in [-0.39, 0.29) is 12.8 Å². The number of benzene rings is 2. The van der Waals surface area contributed by atoms with Crippen molar-refractivity contribution in [3.63, 3.8) is 0 Å². The molecular formula is C15H14ClNO3. The molecule has 5 heteroatoms. The zero-order valence-electron chi connectivity index (χ0n) is 10.7. The Morgan fingerprint density at radius 2 is 1.85 bits per heavy atom. The fraction of sp³-hybridized carbons (Fsp3) is 0.200. The van der Waals surface area contributed by atoms with Gasteiger partial charge in [-0.3, -0.25) is 0 Å². The molecular weight excluding hydrogens is 278 g/mol. The van der Waals surface area contributed by atoms with Gasteiger partial charge >= 0.3 is 0 Å². The molecule has 0 amide bonds. The van der Waals surface area contributed by atoms with E-state index >= 15 is 0 Å². The van der Waals surface area contributed by atoms with Crippen molar-refractivity contribution in [2.75, 3.05) is 13.4 Å². The highest BCUT2D eigenvalue weighted by Crippen LogP contribution is 2.33. The Morgan fingerprint density at radius 1 is 1.10 bits per heavy atom. The first-order valence-corrected chi connectivity index (χ1v) is 6.64. The minimum Gasteiger partial charge on any atom is -0.492 e. The largest absolute Gasteiger partial charge is 0.492 e. The molecule has 0 spiro atoms. The van der Waals surface area contributed by atoms with Crippen LogP contribution in [0.15, 0.2) is 42.5 Å². The summed E-state index contributed by atoms with van der Waals surface area (Å²) in [6, 6.07) is 12.6. The van der Waals surface area contributed by atoms with Gasteiger partial charge in [-0.2, -0.15) is 0 Å². The first-order valence-electron chi connectivity index (χ1n) is 6.26. The summed E-state index contributed by atoms with van der Waals surface area (Å²) in [5, 5.41) is 0.678. The number of rotatable bonds is 4. The molecule has 0 bridgehead atoms. The second-order valence-corrected chi connectivity index (χ2v) is 4.92. The Hall–Kier alpha value is -1.91. The summed E-state index contributed by atoms with van der Waals surface area (Å²) in [7, 11) is 0. The third-order valence-corrected chi connectivity index (χ3v) is 3.32. The third kappa shape index (κ3) is 2.81. The predicted molar refractivity (Wildman–Crippen MR) is 76.4 cm³/mol. The van der Waals surface area contributed by atoms with Crippen LogP contribution in [0.3, 0.4) is 0 Å². The summed E-state index contributed by atoms with van der Waals surface area (Å²) >= 11 is 5.82. The molecule has 0 saturated heterocycles. The highest BCUT2D eigenvalue weighted by molar-refractivity contribution is 6.30. The van der Waals surface area contributed by atoms with Crippen LogP contribution in [0.25, 0.3) is 0 Å². The molecule has 1 atom stereocenters. The van der Waals surface area contributed by atoms with E-state index in [9.17, 15) is 0 Å². The maximum Gasteiger partial charge on any atom is 0.231 e. The Kier molecular flexibility index (Phi) is 3.67. The number of halogens is 1. The van der Waals surface area contributed by atoms with Gasteiger partial charge in [-0.1, -0.05) is 17.7 Å². The van der Waals surface area contributed by atoms with Crippen molar-refractivity contribution in [1.29, 1.82) is 0 Å². The summed E-state index contributed by atoms with van der Waals surface area (Å²) < 4.78 is 16.2. The molecule has 0 saturated carbocycles. The number of fused-ring (bicyclic) bond motifs is 1. The van der Waals surface area contributed by atoms with E-state index in [1.807, 2.05) is 30.3 Å². The molecule has 0 radical (unpaired) electrons. The number of hydrogen-bond donors (Lipinski definition) is 1. The maximum absolute atomic E-state index is 6.12. The van der Waals surface area contributed by atoms with Crippen LogP contribution in [0, 0.1) is 0 Å². The minimum absolute atomic E-state index is 0.236. The van der Waals surface area contributed by atoms with Gasteiger partial charge in [-0.25, -0.2) is 0 Å². The highest BCUT2D eigenvalue weighted by atomic mass is 35.5. The normalized spacial score (nSPS) is 14.1. The van der Waals surface area contributed by atoms with Gasteiger partial charge in [-0.05, 0) is 42.0 Å². The van der Waals surface area contributed by atoms with Gasteiger partial charge in [0.05, 0.1) is 6.04 Å². The van der Waals surface area contributed by atoms with Gasteiger partial charge < -0.3 is 19.9 Å². The van der Waals surface area contributed by atoms with Crippen molar-refractivity contribution in [1.82, 2.24) is 0 Å². The van der Waals surface area contributed by atoms with Gasteiger partial charge in [0.1, 0.15) is 12.4 Å². The van der Waals surface area contributed by atoms with Crippen LogP contribution in [0.2, 0.25) is 5.02 Å². The average Bonchev–Trinajstić information content (AvgIpc) is 2.93. The van der Waals surface area contributed by atoms with E-state index in [1.165, 1.54) is 0 Å². The van der Waals surface area contributed by atoms with E-state index < -0.39 is 0 Å². The third-order valence-electron chi connectivity index (χ3n) is 3.07. The van der Waals surface area contributed by atoms with Gasteiger partial charge in [0.25, 0.3) is 0 Å². The van der Waals surface area contributed by atoms with E-state index in [0.717, 1.165) is 22.8 Å². The number of hydrogen-bond acceptors (Lipinski definition) is 4. The van der Waals surface area contributed by atoms with E-state index in [2.05, 4.69) is 0 Å². The predicted octanol–water partition coefficient (Wildman–Crippen LogP) is 3.15. The van der Waals surface area contributed by atoms with Gasteiger partial charge in [-0.15, -0.1) is 0 Å². The lowest BCUT2D eigenvalue weighted by Gasteiger charge is -2.14. The summed E-state index contributed by atoms with van der Waals surface area (Å²) in [4.78, 5) is 0. The molecule has 2 aromatic carbocycles.